The van der Waals surface area contributed by atoms with E-state index >= 15 is 0 Å². The highest BCUT2D eigenvalue weighted by Gasteiger charge is 2.12. The summed E-state index contributed by atoms with van der Waals surface area (Å²) in [5.41, 5.74) is 3.29. The maximum absolute atomic E-state index is 12.2. The van der Waals surface area contributed by atoms with Crippen LogP contribution in [0.4, 0.5) is 8.78 Å². The Labute approximate surface area is 148 Å². The van der Waals surface area contributed by atoms with Crippen molar-refractivity contribution in [2.45, 2.75) is 24.4 Å². The van der Waals surface area contributed by atoms with Gasteiger partial charge in [0.25, 0.3) is 0 Å². The average Bonchev–Trinajstić information content (AvgIpc) is 2.95. The first-order chi connectivity index (χ1) is 12.0. The minimum absolute atomic E-state index is 0.120. The lowest BCUT2D eigenvalue weighted by molar-refractivity contribution is -0.0498. The minimum atomic E-state index is -2.83. The lowest BCUT2D eigenvalue weighted by atomic mass is 10.1. The van der Waals surface area contributed by atoms with Gasteiger partial charge < -0.3 is 9.30 Å². The van der Waals surface area contributed by atoms with Crippen molar-refractivity contribution in [3.05, 3.63) is 59.7 Å². The van der Waals surface area contributed by atoms with Gasteiger partial charge in [-0.25, -0.2) is 0 Å². The fourth-order valence-corrected chi connectivity index (χ4v) is 3.38. The van der Waals surface area contributed by atoms with Crippen LogP contribution < -0.4 is 4.74 Å². The molecular formula is C18H17F2N3OS. The molecule has 4 nitrogen and oxygen atoms in total. The van der Waals surface area contributed by atoms with Crippen molar-refractivity contribution < 1.29 is 13.5 Å². The summed E-state index contributed by atoms with van der Waals surface area (Å²) < 4.78 is 30.7. The van der Waals surface area contributed by atoms with Gasteiger partial charge in [0.2, 0.25) is 0 Å². The number of ether oxygens (including phenoxy) is 1. The second kappa shape index (κ2) is 7.65. The van der Waals surface area contributed by atoms with Crippen LogP contribution in [0.2, 0.25) is 0 Å². The van der Waals surface area contributed by atoms with Gasteiger partial charge in [-0.05, 0) is 42.3 Å². The fraction of sp³-hybridized carbons (Fsp3) is 0.222. The molecule has 0 radical (unpaired) electrons. The second-order valence-corrected chi connectivity index (χ2v) is 6.43. The molecule has 25 heavy (non-hydrogen) atoms. The Kier molecular flexibility index (Phi) is 5.33. The van der Waals surface area contributed by atoms with E-state index in [0.29, 0.717) is 5.82 Å². The van der Waals surface area contributed by atoms with Crippen LogP contribution in [0, 0.1) is 6.92 Å². The van der Waals surface area contributed by atoms with Crippen LogP contribution in [0.3, 0.4) is 0 Å². The Bertz CT molecular complexity index is 850. The van der Waals surface area contributed by atoms with Crippen molar-refractivity contribution in [3.8, 4) is 17.1 Å². The van der Waals surface area contributed by atoms with E-state index < -0.39 is 6.61 Å². The molecule has 0 aliphatic heterocycles. The van der Waals surface area contributed by atoms with E-state index in [9.17, 15) is 8.78 Å². The fourth-order valence-electron chi connectivity index (χ4n) is 2.39. The lowest BCUT2D eigenvalue weighted by Crippen LogP contribution is -2.01. The van der Waals surface area contributed by atoms with Crippen LogP contribution in [0.25, 0.3) is 11.4 Å². The van der Waals surface area contributed by atoms with E-state index in [4.69, 9.17) is 0 Å². The molecule has 0 bridgehead atoms. The smallest absolute Gasteiger partial charge is 0.387 e. The number of nitrogens with zero attached hydrogens (tertiary/aromatic N) is 3. The van der Waals surface area contributed by atoms with Crippen LogP contribution >= 0.6 is 11.8 Å². The molecule has 3 rings (SSSR count). The molecule has 0 N–H and O–H groups in total. The summed E-state index contributed by atoms with van der Waals surface area (Å²) in [6, 6.07) is 14.6. The molecule has 0 atom stereocenters. The number of alkyl halides is 2. The van der Waals surface area contributed by atoms with Gasteiger partial charge in [0.15, 0.2) is 11.0 Å². The first-order valence-electron chi connectivity index (χ1n) is 7.66. The van der Waals surface area contributed by atoms with Crippen LogP contribution in [0.5, 0.6) is 5.75 Å². The van der Waals surface area contributed by atoms with Crippen LogP contribution in [0.1, 0.15) is 11.1 Å². The Balaban J connectivity index is 1.73. The minimum Gasteiger partial charge on any atom is -0.435 e. The predicted molar refractivity (Wildman–Crippen MR) is 93.8 cm³/mol. The monoisotopic (exact) mass is 361 g/mol. The van der Waals surface area contributed by atoms with E-state index in [-0.39, 0.29) is 5.75 Å². The summed E-state index contributed by atoms with van der Waals surface area (Å²) >= 11 is 1.61. The SMILES string of the molecule is Cc1ccccc1CSc1nnc(-c2ccc(OC(F)F)cc2)n1C. The zero-order valence-electron chi connectivity index (χ0n) is 13.8. The Morgan fingerprint density at radius 1 is 1.08 bits per heavy atom. The molecule has 1 aromatic heterocycles. The molecule has 0 unspecified atom stereocenters. The third kappa shape index (κ3) is 4.17. The quantitative estimate of drug-likeness (QED) is 0.598. The highest BCUT2D eigenvalue weighted by molar-refractivity contribution is 7.98. The lowest BCUT2D eigenvalue weighted by Gasteiger charge is -2.07. The summed E-state index contributed by atoms with van der Waals surface area (Å²) in [5, 5.41) is 9.24. The topological polar surface area (TPSA) is 39.9 Å². The van der Waals surface area contributed by atoms with E-state index in [0.717, 1.165) is 16.5 Å². The highest BCUT2D eigenvalue weighted by Crippen LogP contribution is 2.27. The molecule has 0 spiro atoms. The molecule has 0 fully saturated rings. The molecule has 7 heteroatoms. The number of thioether (sulfide) groups is 1. The molecule has 130 valence electrons. The zero-order chi connectivity index (χ0) is 17.8. The standard InChI is InChI=1S/C18H17F2N3OS/c1-12-5-3-4-6-14(12)11-25-18-22-21-16(23(18)2)13-7-9-15(10-8-13)24-17(19)20/h3-10,17H,11H2,1-2H3. The normalized spacial score (nSPS) is 11.1. The summed E-state index contributed by atoms with van der Waals surface area (Å²) in [4.78, 5) is 0. The summed E-state index contributed by atoms with van der Waals surface area (Å²) in [5.74, 6) is 1.60. The van der Waals surface area contributed by atoms with Crippen LogP contribution in [0.15, 0.2) is 53.7 Å². The number of rotatable bonds is 6. The van der Waals surface area contributed by atoms with Gasteiger partial charge in [-0.3, -0.25) is 0 Å². The molecule has 2 aromatic carbocycles. The maximum atomic E-state index is 12.2. The van der Waals surface area contributed by atoms with Crippen LogP contribution in [-0.4, -0.2) is 21.4 Å². The number of hydrogen-bond acceptors (Lipinski definition) is 4. The van der Waals surface area contributed by atoms with Gasteiger partial charge >= 0.3 is 6.61 Å². The van der Waals surface area contributed by atoms with Gasteiger partial charge in [0, 0.05) is 18.4 Å². The Morgan fingerprint density at radius 2 is 1.80 bits per heavy atom. The summed E-state index contributed by atoms with van der Waals surface area (Å²) in [7, 11) is 1.89. The number of benzene rings is 2. The van der Waals surface area contributed by atoms with Gasteiger partial charge in [-0.15, -0.1) is 10.2 Å². The van der Waals surface area contributed by atoms with Crippen molar-refractivity contribution >= 4 is 11.8 Å². The second-order valence-electron chi connectivity index (χ2n) is 5.48. The number of hydrogen-bond donors (Lipinski definition) is 0. The Hall–Kier alpha value is -2.41. The van der Waals surface area contributed by atoms with E-state index in [1.165, 1.54) is 23.3 Å². The molecule has 0 amide bonds. The largest absolute Gasteiger partial charge is 0.435 e. The van der Waals surface area contributed by atoms with Crippen molar-refractivity contribution in [1.82, 2.24) is 14.8 Å². The third-order valence-corrected chi connectivity index (χ3v) is 4.86. The molecule has 0 saturated heterocycles. The van der Waals surface area contributed by atoms with E-state index in [2.05, 4.69) is 34.0 Å². The number of halogens is 2. The molecule has 1 heterocycles. The van der Waals surface area contributed by atoms with Crippen LogP contribution in [-0.2, 0) is 12.8 Å². The number of aromatic nitrogens is 3. The zero-order valence-corrected chi connectivity index (χ0v) is 14.6. The highest BCUT2D eigenvalue weighted by atomic mass is 32.2. The maximum Gasteiger partial charge on any atom is 0.387 e. The average molecular weight is 361 g/mol. The van der Waals surface area contributed by atoms with Gasteiger partial charge in [0.1, 0.15) is 5.75 Å². The molecule has 3 aromatic rings. The van der Waals surface area contributed by atoms with Crippen molar-refractivity contribution in [3.63, 3.8) is 0 Å². The third-order valence-electron chi connectivity index (χ3n) is 3.79. The summed E-state index contributed by atoms with van der Waals surface area (Å²) in [6.07, 6.45) is 0. The van der Waals surface area contributed by atoms with Crippen molar-refractivity contribution in [1.29, 1.82) is 0 Å². The molecular weight excluding hydrogens is 344 g/mol. The van der Waals surface area contributed by atoms with E-state index in [1.54, 1.807) is 23.9 Å². The Morgan fingerprint density at radius 3 is 2.48 bits per heavy atom. The van der Waals surface area contributed by atoms with E-state index in [1.807, 2.05) is 23.7 Å². The van der Waals surface area contributed by atoms with Gasteiger partial charge in [-0.2, -0.15) is 8.78 Å². The molecule has 0 aliphatic rings. The molecule has 0 saturated carbocycles. The summed E-state index contributed by atoms with van der Waals surface area (Å²) in [6.45, 7) is -0.744. The van der Waals surface area contributed by atoms with Crippen molar-refractivity contribution in [2.24, 2.45) is 7.05 Å². The molecule has 0 aliphatic carbocycles. The number of aryl methyl sites for hydroxylation is 1. The predicted octanol–water partition coefficient (Wildman–Crippen LogP) is 4.68. The van der Waals surface area contributed by atoms with Crippen molar-refractivity contribution in [2.75, 3.05) is 0 Å². The van der Waals surface area contributed by atoms with Gasteiger partial charge in [-0.1, -0.05) is 36.0 Å². The first-order valence-corrected chi connectivity index (χ1v) is 8.65. The van der Waals surface area contributed by atoms with Gasteiger partial charge in [0.05, 0.1) is 0 Å². The first kappa shape index (κ1) is 17.4.